The molecule has 0 aliphatic carbocycles. The van der Waals surface area contributed by atoms with Gasteiger partial charge in [-0.25, -0.2) is 0 Å². The molecule has 1 saturated heterocycles. The van der Waals surface area contributed by atoms with Gasteiger partial charge in [-0.3, -0.25) is 0 Å². The number of hydrogen-bond acceptors (Lipinski definition) is 4. The molecule has 0 saturated carbocycles. The summed E-state index contributed by atoms with van der Waals surface area (Å²) >= 11 is 0. The molecule has 0 aromatic heterocycles. The van der Waals surface area contributed by atoms with Gasteiger partial charge in [0.25, 0.3) is 0 Å². The molecule has 1 fully saturated rings. The Morgan fingerprint density at radius 2 is 1.88 bits per heavy atom. The van der Waals surface area contributed by atoms with Crippen LogP contribution in [0.1, 0.15) is 31.2 Å². The lowest BCUT2D eigenvalue weighted by Gasteiger charge is -2.40. The molecular weight excluding hydrogens is 326 g/mol. The number of nitrogens with one attached hydrogen (secondary N) is 1. The Hall–Kier alpha value is -1.88. The molecule has 4 heteroatoms. The number of piperidine rings is 1. The van der Waals surface area contributed by atoms with Gasteiger partial charge in [0.15, 0.2) is 0 Å². The molecule has 3 rings (SSSR count). The van der Waals surface area contributed by atoms with Crippen LogP contribution in [0, 0.1) is 5.92 Å². The Morgan fingerprint density at radius 1 is 1.12 bits per heavy atom. The van der Waals surface area contributed by atoms with Crippen LogP contribution in [-0.2, 0) is 10.3 Å². The number of hydrogen-bond donors (Lipinski definition) is 2. The van der Waals surface area contributed by atoms with Crippen LogP contribution in [-0.4, -0.2) is 31.9 Å². The maximum absolute atomic E-state index is 11.8. The largest absolute Gasteiger partial charge is 0.457 e. The van der Waals surface area contributed by atoms with Crippen LogP contribution < -0.4 is 10.1 Å². The van der Waals surface area contributed by atoms with E-state index >= 15 is 0 Å². The molecule has 2 aromatic carbocycles. The van der Waals surface area contributed by atoms with Crippen LogP contribution in [0.25, 0.3) is 0 Å². The van der Waals surface area contributed by atoms with E-state index in [0.717, 1.165) is 49.4 Å². The van der Waals surface area contributed by atoms with Crippen LogP contribution in [0.15, 0.2) is 54.6 Å². The summed E-state index contributed by atoms with van der Waals surface area (Å²) in [7, 11) is 1.70. The first-order chi connectivity index (χ1) is 12.7. The minimum Gasteiger partial charge on any atom is -0.457 e. The standard InChI is InChI=1S/C22H29NO3/c1-25-16-8-14-22(24,18-9-7-15-23-17-18)20-12-5-6-13-21(20)26-19-10-3-2-4-11-19/h2-6,10-13,18,23-24H,7-9,14-17H2,1H3/t18-,22+/m1/s1. The Morgan fingerprint density at radius 3 is 2.62 bits per heavy atom. The highest BCUT2D eigenvalue weighted by Crippen LogP contribution is 2.43. The monoisotopic (exact) mass is 355 g/mol. The van der Waals surface area contributed by atoms with Crippen LogP contribution in [0.4, 0.5) is 0 Å². The Labute approximate surface area is 156 Å². The molecule has 1 aliphatic rings. The topological polar surface area (TPSA) is 50.7 Å². The average Bonchev–Trinajstić information content (AvgIpc) is 2.70. The molecule has 1 heterocycles. The van der Waals surface area contributed by atoms with Gasteiger partial charge < -0.3 is 19.9 Å². The van der Waals surface area contributed by atoms with E-state index in [-0.39, 0.29) is 5.92 Å². The maximum atomic E-state index is 11.8. The summed E-state index contributed by atoms with van der Waals surface area (Å²) in [5.74, 6) is 1.67. The van der Waals surface area contributed by atoms with Crippen molar-refractivity contribution in [1.82, 2.24) is 5.32 Å². The third-order valence-electron chi connectivity index (χ3n) is 5.20. The second-order valence-corrected chi connectivity index (χ2v) is 6.98. The zero-order valence-corrected chi connectivity index (χ0v) is 15.5. The molecule has 2 atom stereocenters. The van der Waals surface area contributed by atoms with Crippen LogP contribution in [0.2, 0.25) is 0 Å². The Balaban J connectivity index is 1.92. The molecule has 4 nitrogen and oxygen atoms in total. The van der Waals surface area contributed by atoms with Crippen LogP contribution in [0.5, 0.6) is 11.5 Å². The molecule has 0 amide bonds. The summed E-state index contributed by atoms with van der Waals surface area (Å²) in [4.78, 5) is 0. The van der Waals surface area contributed by atoms with Gasteiger partial charge in [0.2, 0.25) is 0 Å². The van der Waals surface area contributed by atoms with E-state index in [9.17, 15) is 5.11 Å². The van der Waals surface area contributed by atoms with Crippen molar-refractivity contribution in [2.24, 2.45) is 5.92 Å². The molecule has 26 heavy (non-hydrogen) atoms. The van der Waals surface area contributed by atoms with Crippen molar-refractivity contribution in [3.8, 4) is 11.5 Å². The number of benzene rings is 2. The first kappa shape index (κ1) is 18.9. The normalized spacial score (nSPS) is 19.7. The van der Waals surface area contributed by atoms with E-state index in [4.69, 9.17) is 9.47 Å². The smallest absolute Gasteiger partial charge is 0.133 e. The quantitative estimate of drug-likeness (QED) is 0.700. The lowest BCUT2D eigenvalue weighted by Crippen LogP contribution is -2.44. The lowest BCUT2D eigenvalue weighted by molar-refractivity contribution is -0.0471. The van der Waals surface area contributed by atoms with Crippen molar-refractivity contribution in [2.75, 3.05) is 26.8 Å². The third-order valence-corrected chi connectivity index (χ3v) is 5.20. The van der Waals surface area contributed by atoms with Gasteiger partial charge in [0, 0.05) is 31.7 Å². The second-order valence-electron chi connectivity index (χ2n) is 6.98. The van der Waals surface area contributed by atoms with E-state index in [1.54, 1.807) is 7.11 Å². The number of rotatable bonds is 8. The molecule has 0 bridgehead atoms. The van der Waals surface area contributed by atoms with Crippen LogP contribution in [0.3, 0.4) is 0 Å². The number of para-hydroxylation sites is 2. The van der Waals surface area contributed by atoms with Crippen LogP contribution >= 0.6 is 0 Å². The summed E-state index contributed by atoms with van der Waals surface area (Å²) in [6.45, 7) is 2.49. The van der Waals surface area contributed by atoms with Crippen molar-refractivity contribution < 1.29 is 14.6 Å². The van der Waals surface area contributed by atoms with Gasteiger partial charge >= 0.3 is 0 Å². The fourth-order valence-corrected chi connectivity index (χ4v) is 3.83. The first-order valence-corrected chi connectivity index (χ1v) is 9.48. The minimum atomic E-state index is -0.933. The summed E-state index contributed by atoms with van der Waals surface area (Å²) in [6.07, 6.45) is 3.56. The van der Waals surface area contributed by atoms with Crippen molar-refractivity contribution in [3.63, 3.8) is 0 Å². The van der Waals surface area contributed by atoms with E-state index in [0.29, 0.717) is 13.0 Å². The van der Waals surface area contributed by atoms with E-state index in [2.05, 4.69) is 5.32 Å². The summed E-state index contributed by atoms with van der Waals surface area (Å²) in [5.41, 5.74) is -0.0641. The highest BCUT2D eigenvalue weighted by molar-refractivity contribution is 5.42. The summed E-state index contributed by atoms with van der Waals surface area (Å²) in [6, 6.07) is 17.6. The van der Waals surface area contributed by atoms with Crippen molar-refractivity contribution in [3.05, 3.63) is 60.2 Å². The summed E-state index contributed by atoms with van der Waals surface area (Å²) in [5, 5.41) is 15.3. The van der Waals surface area contributed by atoms with Crippen molar-refractivity contribution >= 4 is 0 Å². The highest BCUT2D eigenvalue weighted by atomic mass is 16.5. The molecular formula is C22H29NO3. The molecule has 140 valence electrons. The zero-order valence-electron chi connectivity index (χ0n) is 15.5. The Bertz CT molecular complexity index is 670. The third kappa shape index (κ3) is 4.44. The average molecular weight is 355 g/mol. The molecule has 0 spiro atoms. The minimum absolute atomic E-state index is 0.161. The van der Waals surface area contributed by atoms with E-state index in [1.165, 1.54) is 0 Å². The predicted molar refractivity (Wildman–Crippen MR) is 104 cm³/mol. The zero-order chi connectivity index (χ0) is 18.2. The van der Waals surface area contributed by atoms with Gasteiger partial charge in [-0.1, -0.05) is 36.4 Å². The van der Waals surface area contributed by atoms with Gasteiger partial charge in [-0.2, -0.15) is 0 Å². The van der Waals surface area contributed by atoms with Crippen molar-refractivity contribution in [2.45, 2.75) is 31.3 Å². The van der Waals surface area contributed by atoms with Gasteiger partial charge in [0.1, 0.15) is 11.5 Å². The second kappa shape index (κ2) is 9.17. The first-order valence-electron chi connectivity index (χ1n) is 9.48. The lowest BCUT2D eigenvalue weighted by atomic mass is 9.74. The van der Waals surface area contributed by atoms with Crippen molar-refractivity contribution in [1.29, 1.82) is 0 Å². The fourth-order valence-electron chi connectivity index (χ4n) is 3.83. The molecule has 0 radical (unpaired) electrons. The SMILES string of the molecule is COCCC[C@@](O)(c1ccccc1Oc1ccccc1)[C@@H]1CCCNC1. The van der Waals surface area contributed by atoms with E-state index in [1.807, 2.05) is 54.6 Å². The summed E-state index contributed by atoms with van der Waals surface area (Å²) < 4.78 is 11.4. The molecule has 2 aromatic rings. The van der Waals surface area contributed by atoms with E-state index < -0.39 is 5.60 Å². The highest BCUT2D eigenvalue weighted by Gasteiger charge is 2.40. The predicted octanol–water partition coefficient (Wildman–Crippen LogP) is 4.09. The molecule has 0 unspecified atom stereocenters. The van der Waals surface area contributed by atoms with Gasteiger partial charge in [-0.15, -0.1) is 0 Å². The number of aliphatic hydroxyl groups is 1. The van der Waals surface area contributed by atoms with Gasteiger partial charge in [-0.05, 0) is 50.4 Å². The molecule has 1 aliphatic heterocycles. The number of ether oxygens (including phenoxy) is 2. The maximum Gasteiger partial charge on any atom is 0.133 e. The van der Waals surface area contributed by atoms with Gasteiger partial charge in [0.05, 0.1) is 5.60 Å². The number of methoxy groups -OCH3 is 1. The fraction of sp³-hybridized carbons (Fsp3) is 0.455. The molecule has 2 N–H and O–H groups in total. The Kier molecular flexibility index (Phi) is 6.67.